The number of benzene rings is 2. The van der Waals surface area contributed by atoms with E-state index in [1.165, 1.54) is 11.8 Å². The Morgan fingerprint density at radius 2 is 2.03 bits per heavy atom. The highest BCUT2D eigenvalue weighted by Gasteiger charge is 2.48. The summed E-state index contributed by atoms with van der Waals surface area (Å²) in [5.74, 6) is -0.762. The lowest BCUT2D eigenvalue weighted by Gasteiger charge is -2.23. The Bertz CT molecular complexity index is 1510. The van der Waals surface area contributed by atoms with Gasteiger partial charge in [0, 0.05) is 18.9 Å². The van der Waals surface area contributed by atoms with Gasteiger partial charge in [0.05, 0.1) is 28.8 Å². The molecule has 0 spiro atoms. The Morgan fingerprint density at radius 3 is 2.74 bits per heavy atom. The summed E-state index contributed by atoms with van der Waals surface area (Å²) < 4.78 is 11.7. The predicted molar refractivity (Wildman–Crippen MR) is 149 cm³/mol. The lowest BCUT2D eigenvalue weighted by Crippen LogP contribution is -2.29. The number of anilines is 1. The minimum atomic E-state index is -0.964. The number of ketones is 2. The first-order valence-electron chi connectivity index (χ1n) is 13.0. The molecule has 39 heavy (non-hydrogen) atoms. The normalized spacial score (nSPS) is 19.7. The molecule has 1 saturated heterocycles. The molecule has 1 fully saturated rings. The maximum atomic E-state index is 13.5. The van der Waals surface area contributed by atoms with Crippen molar-refractivity contribution in [3.05, 3.63) is 75.3 Å². The molecule has 2 aliphatic heterocycles. The summed E-state index contributed by atoms with van der Waals surface area (Å²) in [7, 11) is 0. The first-order valence-corrected chi connectivity index (χ1v) is 13.8. The van der Waals surface area contributed by atoms with Crippen LogP contribution in [0.3, 0.4) is 0 Å². The fourth-order valence-electron chi connectivity index (χ4n) is 4.99. The number of ether oxygens (including phenoxy) is 2. The number of carbonyl (C=O) groups is 3. The van der Waals surface area contributed by atoms with Crippen LogP contribution in [0.25, 0.3) is 5.76 Å². The van der Waals surface area contributed by atoms with Gasteiger partial charge in [-0.2, -0.15) is 0 Å². The summed E-state index contributed by atoms with van der Waals surface area (Å²) in [5, 5.41) is 11.7. The van der Waals surface area contributed by atoms with Gasteiger partial charge in [0.1, 0.15) is 23.4 Å². The third-order valence-electron chi connectivity index (χ3n) is 6.87. The molecule has 1 N–H and O–H groups in total. The largest absolute Gasteiger partial charge is 0.507 e. The average molecular weight is 547 g/mol. The summed E-state index contributed by atoms with van der Waals surface area (Å²) in [6.45, 7) is 7.70. The molecule has 0 radical (unpaired) electrons. The molecule has 0 saturated carbocycles. The maximum absolute atomic E-state index is 13.5. The van der Waals surface area contributed by atoms with Crippen LogP contribution in [0, 0.1) is 6.92 Å². The molecule has 5 rings (SSSR count). The standard InChI is InChI=1S/C30H30N2O6S/c1-5-6-12-37-22-9-7-8-19(15-22)25-24(26(34)20-10-11-23-21(14-20)13-16(2)38-23)27(35)29(36)32(25)30-31-17(3)28(39-30)18(4)33/h7-11,14-16,25,34H,5-6,12-13H2,1-4H3/t16-,25+/m0/s1. The monoisotopic (exact) mass is 546 g/mol. The fourth-order valence-corrected chi connectivity index (χ4v) is 5.98. The molecular weight excluding hydrogens is 516 g/mol. The van der Waals surface area contributed by atoms with E-state index in [2.05, 4.69) is 11.9 Å². The quantitative estimate of drug-likeness (QED) is 0.125. The van der Waals surface area contributed by atoms with Crippen molar-refractivity contribution >= 4 is 39.7 Å². The van der Waals surface area contributed by atoms with Crippen LogP contribution in [0.1, 0.15) is 71.7 Å². The Kier molecular flexibility index (Phi) is 7.27. The van der Waals surface area contributed by atoms with Gasteiger partial charge in [-0.05, 0) is 61.7 Å². The molecule has 2 atom stereocenters. The third kappa shape index (κ3) is 4.94. The third-order valence-corrected chi connectivity index (χ3v) is 8.12. The number of Topliss-reactive ketones (excluding diaryl/α,β-unsaturated/α-hetero) is 2. The molecule has 1 aromatic heterocycles. The summed E-state index contributed by atoms with van der Waals surface area (Å²) in [6.07, 6.45) is 2.56. The second-order valence-corrected chi connectivity index (χ2v) is 10.8. The van der Waals surface area contributed by atoms with Gasteiger partial charge in [0.15, 0.2) is 10.9 Å². The van der Waals surface area contributed by atoms with Crippen LogP contribution < -0.4 is 14.4 Å². The molecule has 0 unspecified atom stereocenters. The van der Waals surface area contributed by atoms with Gasteiger partial charge in [-0.1, -0.05) is 36.8 Å². The highest BCUT2D eigenvalue weighted by molar-refractivity contribution is 7.18. The van der Waals surface area contributed by atoms with E-state index in [0.29, 0.717) is 40.5 Å². The average Bonchev–Trinajstić information content (AvgIpc) is 3.56. The zero-order valence-corrected chi connectivity index (χ0v) is 23.1. The minimum Gasteiger partial charge on any atom is -0.507 e. The summed E-state index contributed by atoms with van der Waals surface area (Å²) in [4.78, 5) is 45.4. The van der Waals surface area contributed by atoms with Gasteiger partial charge < -0.3 is 14.6 Å². The lowest BCUT2D eigenvalue weighted by molar-refractivity contribution is -0.132. The lowest BCUT2D eigenvalue weighted by atomic mass is 9.94. The number of carbonyl (C=O) groups excluding carboxylic acids is 3. The van der Waals surface area contributed by atoms with E-state index in [9.17, 15) is 19.5 Å². The number of aromatic nitrogens is 1. The first-order chi connectivity index (χ1) is 18.7. The summed E-state index contributed by atoms with van der Waals surface area (Å²) in [6, 6.07) is 11.4. The summed E-state index contributed by atoms with van der Waals surface area (Å²) in [5.41, 5.74) is 2.36. The second kappa shape index (κ2) is 10.6. The zero-order chi connectivity index (χ0) is 27.8. The van der Waals surface area contributed by atoms with Crippen LogP contribution >= 0.6 is 11.3 Å². The number of aliphatic hydroxyl groups excluding tert-OH is 1. The van der Waals surface area contributed by atoms with Crippen molar-refractivity contribution in [2.45, 2.75) is 59.1 Å². The molecule has 9 heteroatoms. The molecule has 1 amide bonds. The predicted octanol–water partition coefficient (Wildman–Crippen LogP) is 5.78. The van der Waals surface area contributed by atoms with Crippen molar-refractivity contribution in [2.75, 3.05) is 11.5 Å². The number of hydrogen-bond donors (Lipinski definition) is 1. The highest BCUT2D eigenvalue weighted by atomic mass is 32.1. The van der Waals surface area contributed by atoms with Crippen molar-refractivity contribution in [2.24, 2.45) is 0 Å². The van der Waals surface area contributed by atoms with Crippen LogP contribution in [0.4, 0.5) is 5.13 Å². The van der Waals surface area contributed by atoms with Crippen molar-refractivity contribution in [1.29, 1.82) is 0 Å². The van der Waals surface area contributed by atoms with Crippen LogP contribution in [0.2, 0.25) is 0 Å². The SMILES string of the molecule is CCCCOc1cccc([C@@H]2C(=C(O)c3ccc4c(c3)C[C@H](C)O4)C(=O)C(=O)N2c2nc(C)c(C(C)=O)s2)c1. The topological polar surface area (TPSA) is 106 Å². The smallest absolute Gasteiger partial charge is 0.301 e. The number of nitrogens with zero attached hydrogens (tertiary/aromatic N) is 2. The molecule has 0 aliphatic carbocycles. The molecular formula is C30H30N2O6S. The van der Waals surface area contributed by atoms with E-state index in [-0.39, 0.29) is 28.4 Å². The van der Waals surface area contributed by atoms with Crippen LogP contribution in [0.15, 0.2) is 48.0 Å². The summed E-state index contributed by atoms with van der Waals surface area (Å²) >= 11 is 1.06. The van der Waals surface area contributed by atoms with Crippen molar-refractivity contribution in [3.63, 3.8) is 0 Å². The number of aryl methyl sites for hydroxylation is 1. The van der Waals surface area contributed by atoms with Crippen LogP contribution in [-0.2, 0) is 16.0 Å². The molecule has 8 nitrogen and oxygen atoms in total. The minimum absolute atomic E-state index is 0.0158. The van der Waals surface area contributed by atoms with Gasteiger partial charge in [-0.25, -0.2) is 4.98 Å². The van der Waals surface area contributed by atoms with Gasteiger partial charge in [-0.15, -0.1) is 0 Å². The second-order valence-electron chi connectivity index (χ2n) is 9.87. The Hall–Kier alpha value is -3.98. The Balaban J connectivity index is 1.66. The van der Waals surface area contributed by atoms with Gasteiger partial charge >= 0.3 is 5.91 Å². The van der Waals surface area contributed by atoms with E-state index >= 15 is 0 Å². The van der Waals surface area contributed by atoms with Crippen molar-refractivity contribution in [1.82, 2.24) is 4.98 Å². The number of thiazole rings is 1. The van der Waals surface area contributed by atoms with Crippen LogP contribution in [0.5, 0.6) is 11.5 Å². The molecule has 0 bridgehead atoms. The Morgan fingerprint density at radius 1 is 1.23 bits per heavy atom. The van der Waals surface area contributed by atoms with Gasteiger partial charge in [-0.3, -0.25) is 19.3 Å². The van der Waals surface area contributed by atoms with E-state index in [1.807, 2.05) is 13.0 Å². The molecule has 3 aromatic rings. The fraction of sp³-hybridized carbons (Fsp3) is 0.333. The molecule has 3 heterocycles. The molecule has 2 aromatic carbocycles. The van der Waals surface area contributed by atoms with E-state index < -0.39 is 17.7 Å². The number of aliphatic hydroxyl groups is 1. The van der Waals surface area contributed by atoms with Crippen molar-refractivity contribution in [3.8, 4) is 11.5 Å². The van der Waals surface area contributed by atoms with E-state index in [1.54, 1.807) is 43.3 Å². The number of unbranched alkanes of at least 4 members (excludes halogenated alkanes) is 1. The van der Waals surface area contributed by atoms with E-state index in [4.69, 9.17) is 9.47 Å². The first kappa shape index (κ1) is 26.6. The van der Waals surface area contributed by atoms with Crippen molar-refractivity contribution < 1.29 is 29.0 Å². The Labute approximate surface area is 230 Å². The number of rotatable bonds is 8. The van der Waals surface area contributed by atoms with Crippen LogP contribution in [-0.4, -0.2) is 40.3 Å². The number of amides is 1. The zero-order valence-electron chi connectivity index (χ0n) is 22.3. The number of fused-ring (bicyclic) bond motifs is 1. The number of hydrogen-bond acceptors (Lipinski definition) is 8. The van der Waals surface area contributed by atoms with Gasteiger partial charge in [0.25, 0.3) is 5.78 Å². The van der Waals surface area contributed by atoms with Gasteiger partial charge in [0.2, 0.25) is 0 Å². The van der Waals surface area contributed by atoms with E-state index in [0.717, 1.165) is 35.5 Å². The highest BCUT2D eigenvalue weighted by Crippen LogP contribution is 2.45. The maximum Gasteiger partial charge on any atom is 0.301 e. The molecule has 2 aliphatic rings. The molecule has 202 valence electrons.